The molecule has 9 nitrogen and oxygen atoms in total. The van der Waals surface area contributed by atoms with Gasteiger partial charge in [0.1, 0.15) is 0 Å². The van der Waals surface area contributed by atoms with Gasteiger partial charge in [-0.25, -0.2) is 9.69 Å². The van der Waals surface area contributed by atoms with Crippen molar-refractivity contribution in [1.29, 1.82) is 0 Å². The molecule has 0 bridgehead atoms. The Balaban J connectivity index is 1.95. The second kappa shape index (κ2) is 7.28. The lowest BCUT2D eigenvalue weighted by molar-refractivity contribution is -0.545. The topological polar surface area (TPSA) is 102 Å². The molecule has 1 unspecified atom stereocenters. The first-order valence-corrected chi connectivity index (χ1v) is 9.54. The van der Waals surface area contributed by atoms with Gasteiger partial charge in [-0.05, 0) is 25.2 Å². The zero-order valence-corrected chi connectivity index (χ0v) is 16.5. The third-order valence-electron chi connectivity index (χ3n) is 5.64. The molecule has 1 atom stereocenters. The highest BCUT2D eigenvalue weighted by Gasteiger charge is 2.55. The molecule has 9 heteroatoms. The van der Waals surface area contributed by atoms with Gasteiger partial charge in [-0.2, -0.15) is 0 Å². The van der Waals surface area contributed by atoms with Crippen LogP contribution in [0.2, 0.25) is 0 Å². The van der Waals surface area contributed by atoms with Crippen LogP contribution in [0, 0.1) is 11.8 Å². The number of primary amides is 1. The Kier molecular flexibility index (Phi) is 5.21. The lowest BCUT2D eigenvalue weighted by Crippen LogP contribution is -2.63. The first-order chi connectivity index (χ1) is 12.7. The minimum atomic E-state index is -0.569. The highest BCUT2D eigenvalue weighted by molar-refractivity contribution is 6.25. The Morgan fingerprint density at radius 1 is 1.22 bits per heavy atom. The summed E-state index contributed by atoms with van der Waals surface area (Å²) in [6.45, 7) is 6.28. The average molecular weight is 377 g/mol. The van der Waals surface area contributed by atoms with Crippen LogP contribution in [0.4, 0.5) is 4.79 Å². The normalized spacial score (nSPS) is 26.1. The molecule has 0 aliphatic carbocycles. The van der Waals surface area contributed by atoms with Crippen molar-refractivity contribution < 1.29 is 19.0 Å². The maximum Gasteiger partial charge on any atom is 0.392 e. The number of nitrogens with two attached hydrogens (primary N) is 1. The third-order valence-corrected chi connectivity index (χ3v) is 5.64. The smallest absolute Gasteiger partial charge is 0.369 e. The Hall–Kier alpha value is -2.45. The molecule has 0 aromatic heterocycles. The van der Waals surface area contributed by atoms with E-state index in [2.05, 4.69) is 18.4 Å². The monoisotopic (exact) mass is 377 g/mol. The van der Waals surface area contributed by atoms with Gasteiger partial charge in [0, 0.05) is 20.0 Å². The number of piperidine rings is 1. The van der Waals surface area contributed by atoms with Crippen molar-refractivity contribution in [2.24, 2.45) is 22.6 Å². The second-order valence-corrected chi connectivity index (χ2v) is 7.95. The van der Waals surface area contributed by atoms with Gasteiger partial charge in [-0.15, -0.1) is 0 Å². The number of carbonyl (C=O) groups excluding carboxylic acids is 3. The number of likely N-dealkylation sites (N-methyl/N-ethyl adjacent to an activating group) is 2. The summed E-state index contributed by atoms with van der Waals surface area (Å²) >= 11 is 0. The summed E-state index contributed by atoms with van der Waals surface area (Å²) in [5.74, 6) is 1.07. The molecule has 148 valence electrons. The largest absolute Gasteiger partial charge is 0.392 e. The van der Waals surface area contributed by atoms with Crippen LogP contribution in [-0.4, -0.2) is 88.7 Å². The predicted octanol–water partition coefficient (Wildman–Crippen LogP) is -0.0972. The van der Waals surface area contributed by atoms with Gasteiger partial charge in [0.15, 0.2) is 0 Å². The summed E-state index contributed by atoms with van der Waals surface area (Å²) in [5.41, 5.74) is 5.44. The van der Waals surface area contributed by atoms with E-state index in [1.807, 2.05) is 4.90 Å². The van der Waals surface area contributed by atoms with Crippen LogP contribution in [0.25, 0.3) is 0 Å². The van der Waals surface area contributed by atoms with E-state index in [0.717, 1.165) is 17.3 Å². The van der Waals surface area contributed by atoms with Crippen LogP contribution in [-0.2, 0) is 9.59 Å². The Bertz CT molecular complexity index is 719. The molecule has 0 spiro atoms. The predicted molar refractivity (Wildman–Crippen MR) is 100 cm³/mol. The van der Waals surface area contributed by atoms with E-state index < -0.39 is 6.04 Å². The Labute approximate surface area is 159 Å². The molecule has 2 fully saturated rings. The van der Waals surface area contributed by atoms with E-state index in [4.69, 9.17) is 10.7 Å². The maximum atomic E-state index is 12.9. The zero-order valence-electron chi connectivity index (χ0n) is 16.5. The fraction of sp³-hybridized carbons (Fsp3) is 0.722. The van der Waals surface area contributed by atoms with Crippen LogP contribution < -0.4 is 5.73 Å². The molecule has 3 aliphatic rings. The number of fused-ring (bicyclic) bond motifs is 1. The van der Waals surface area contributed by atoms with Crippen molar-refractivity contribution >= 4 is 29.6 Å². The molecule has 0 radical (unpaired) electrons. The number of amides is 4. The maximum absolute atomic E-state index is 12.9. The summed E-state index contributed by atoms with van der Waals surface area (Å²) in [6, 6.07) is -0.937. The molecule has 2 N–H and O–H groups in total. The van der Waals surface area contributed by atoms with Gasteiger partial charge >= 0.3 is 12.0 Å². The van der Waals surface area contributed by atoms with Gasteiger partial charge in [-0.3, -0.25) is 24.0 Å². The number of imide groups is 1. The van der Waals surface area contributed by atoms with Crippen molar-refractivity contribution in [2.45, 2.75) is 39.2 Å². The summed E-state index contributed by atoms with van der Waals surface area (Å²) in [5, 5.41) is 0. The minimum Gasteiger partial charge on any atom is -0.369 e. The lowest BCUT2D eigenvalue weighted by Gasteiger charge is -2.33. The second-order valence-electron chi connectivity index (χ2n) is 7.95. The highest BCUT2D eigenvalue weighted by Crippen LogP contribution is 2.25. The number of urea groups is 1. The van der Waals surface area contributed by atoms with Crippen LogP contribution in [0.5, 0.6) is 0 Å². The molecular formula is C18H29N6O3+. The van der Waals surface area contributed by atoms with Crippen molar-refractivity contribution in [3.05, 3.63) is 0 Å². The first-order valence-electron chi connectivity index (χ1n) is 9.54. The fourth-order valence-electron chi connectivity index (χ4n) is 3.83. The number of rotatable bonds is 4. The van der Waals surface area contributed by atoms with Crippen molar-refractivity contribution in [2.75, 3.05) is 33.7 Å². The van der Waals surface area contributed by atoms with Crippen molar-refractivity contribution in [3.63, 3.8) is 0 Å². The van der Waals surface area contributed by atoms with E-state index in [1.165, 1.54) is 11.9 Å². The van der Waals surface area contributed by atoms with Gasteiger partial charge in [0.25, 0.3) is 5.91 Å². The molecule has 3 aliphatic heterocycles. The van der Waals surface area contributed by atoms with Gasteiger partial charge in [0.05, 0.1) is 19.6 Å². The van der Waals surface area contributed by atoms with E-state index in [1.54, 1.807) is 7.05 Å². The Morgan fingerprint density at radius 2 is 1.85 bits per heavy atom. The van der Waals surface area contributed by atoms with Gasteiger partial charge in [0.2, 0.25) is 17.8 Å². The first kappa shape index (κ1) is 19.3. The standard InChI is InChI=1S/C18H28N6O3/c1-11(2)5-10-24-13-15(21(3)18(27)22(4)16(13)26)20-17(24)23-8-6-12(7-9-23)14(19)25/h11-13H,5-10H2,1-4H3,(H-,19,25)/p+1. The van der Waals surface area contributed by atoms with Gasteiger partial charge in [-0.1, -0.05) is 18.8 Å². The number of amidine groups is 1. The van der Waals surface area contributed by atoms with Crippen LogP contribution in [0.15, 0.2) is 4.99 Å². The van der Waals surface area contributed by atoms with Crippen molar-refractivity contribution in [1.82, 2.24) is 14.7 Å². The number of guanidine groups is 1. The molecule has 2 saturated heterocycles. The lowest BCUT2D eigenvalue weighted by atomic mass is 9.97. The quantitative estimate of drug-likeness (QED) is 0.691. The van der Waals surface area contributed by atoms with Crippen molar-refractivity contribution in [3.8, 4) is 0 Å². The highest BCUT2D eigenvalue weighted by atomic mass is 16.2. The number of hydrogen-bond donors (Lipinski definition) is 1. The molecule has 0 saturated carbocycles. The van der Waals surface area contributed by atoms with E-state index in [0.29, 0.717) is 44.2 Å². The summed E-state index contributed by atoms with van der Waals surface area (Å²) in [7, 11) is 3.16. The van der Waals surface area contributed by atoms with E-state index in [-0.39, 0.29) is 23.8 Å². The van der Waals surface area contributed by atoms with E-state index in [9.17, 15) is 14.4 Å². The molecule has 3 rings (SSSR count). The minimum absolute atomic E-state index is 0.112. The SMILES string of the molecule is CC(C)CCN1C(=[N+]2CCC(C(N)=O)CC2)N=C2C1C(=O)N(C)C(=O)N2C. The number of carbonyl (C=O) groups is 3. The Morgan fingerprint density at radius 3 is 2.41 bits per heavy atom. The fourth-order valence-corrected chi connectivity index (χ4v) is 3.83. The molecule has 27 heavy (non-hydrogen) atoms. The third kappa shape index (κ3) is 3.42. The molecule has 0 aromatic rings. The average Bonchev–Trinajstić information content (AvgIpc) is 3.02. The zero-order chi connectivity index (χ0) is 19.9. The summed E-state index contributed by atoms with van der Waals surface area (Å²) in [4.78, 5) is 46.0. The van der Waals surface area contributed by atoms with E-state index >= 15 is 0 Å². The number of aliphatic imine (C=N–C) groups is 1. The van der Waals surface area contributed by atoms with Crippen LogP contribution >= 0.6 is 0 Å². The number of hydrogen-bond acceptors (Lipinski definition) is 3. The van der Waals surface area contributed by atoms with Gasteiger partial charge < -0.3 is 5.73 Å². The van der Waals surface area contributed by atoms with Crippen LogP contribution in [0.3, 0.4) is 0 Å². The molecule has 4 amide bonds. The summed E-state index contributed by atoms with van der Waals surface area (Å²) < 4.78 is 2.11. The molecular weight excluding hydrogens is 348 g/mol. The molecule has 3 heterocycles. The summed E-state index contributed by atoms with van der Waals surface area (Å²) in [6.07, 6.45) is 2.26. The van der Waals surface area contributed by atoms with Crippen LogP contribution in [0.1, 0.15) is 33.1 Å². The number of nitrogens with zero attached hydrogens (tertiary/aromatic N) is 5. The molecule has 0 aromatic carbocycles.